The highest BCUT2D eigenvalue weighted by Gasteiger charge is 2.15. The van der Waals surface area contributed by atoms with E-state index in [2.05, 4.69) is 15.5 Å². The lowest BCUT2D eigenvalue weighted by atomic mass is 10.2. The van der Waals surface area contributed by atoms with E-state index in [0.29, 0.717) is 26.7 Å². The standard InChI is InChI=1S/C16H14Cl2N4OS/c1-10-6-7-15(23-2)14(8-10)22-16(19-20-21-22)24-9-11-12(17)4-3-5-13(11)18/h3-8H,9H2,1-2H3. The molecule has 8 heteroatoms. The number of tetrazole rings is 1. The summed E-state index contributed by atoms with van der Waals surface area (Å²) in [5.41, 5.74) is 2.73. The Morgan fingerprint density at radius 2 is 1.92 bits per heavy atom. The summed E-state index contributed by atoms with van der Waals surface area (Å²) in [6, 6.07) is 11.3. The Morgan fingerprint density at radius 1 is 1.17 bits per heavy atom. The molecule has 0 aliphatic carbocycles. The molecule has 0 aliphatic heterocycles. The lowest BCUT2D eigenvalue weighted by Gasteiger charge is -2.11. The first-order valence-corrected chi connectivity index (χ1v) is 8.83. The molecule has 0 saturated heterocycles. The molecule has 5 nitrogen and oxygen atoms in total. The van der Waals surface area contributed by atoms with Gasteiger partial charge in [-0.2, -0.15) is 4.68 Å². The van der Waals surface area contributed by atoms with Crippen molar-refractivity contribution in [1.82, 2.24) is 20.2 Å². The first-order valence-electron chi connectivity index (χ1n) is 7.09. The number of rotatable bonds is 5. The summed E-state index contributed by atoms with van der Waals surface area (Å²) in [5, 5.41) is 13.8. The molecular weight excluding hydrogens is 367 g/mol. The SMILES string of the molecule is COc1ccc(C)cc1-n1nnnc1SCc1c(Cl)cccc1Cl. The number of aryl methyl sites for hydroxylation is 1. The summed E-state index contributed by atoms with van der Waals surface area (Å²) >= 11 is 13.9. The Kier molecular flexibility index (Phi) is 5.28. The Bertz CT molecular complexity index is 849. The molecule has 0 radical (unpaired) electrons. The van der Waals surface area contributed by atoms with E-state index in [1.165, 1.54) is 11.8 Å². The zero-order valence-electron chi connectivity index (χ0n) is 13.0. The van der Waals surface area contributed by atoms with E-state index >= 15 is 0 Å². The van der Waals surface area contributed by atoms with Gasteiger partial charge in [-0.25, -0.2) is 0 Å². The van der Waals surface area contributed by atoms with Gasteiger partial charge in [-0.3, -0.25) is 0 Å². The molecule has 0 atom stereocenters. The first-order chi connectivity index (χ1) is 11.6. The van der Waals surface area contributed by atoms with E-state index in [-0.39, 0.29) is 0 Å². The molecule has 0 amide bonds. The zero-order valence-corrected chi connectivity index (χ0v) is 15.4. The minimum atomic E-state index is 0.563. The van der Waals surface area contributed by atoms with E-state index in [4.69, 9.17) is 27.9 Å². The van der Waals surface area contributed by atoms with Crippen LogP contribution in [-0.4, -0.2) is 27.3 Å². The number of thioether (sulfide) groups is 1. The molecule has 0 N–H and O–H groups in total. The maximum Gasteiger partial charge on any atom is 0.214 e. The normalized spacial score (nSPS) is 10.8. The van der Waals surface area contributed by atoms with Gasteiger partial charge in [-0.05, 0) is 52.7 Å². The van der Waals surface area contributed by atoms with E-state index in [1.54, 1.807) is 11.8 Å². The van der Waals surface area contributed by atoms with Gasteiger partial charge in [0, 0.05) is 15.8 Å². The monoisotopic (exact) mass is 380 g/mol. The van der Waals surface area contributed by atoms with Gasteiger partial charge in [-0.15, -0.1) is 5.10 Å². The molecule has 0 spiro atoms. The fraction of sp³-hybridized carbons (Fsp3) is 0.188. The Balaban J connectivity index is 1.90. The molecule has 124 valence electrons. The van der Waals surface area contributed by atoms with Crippen molar-refractivity contribution in [3.05, 3.63) is 57.6 Å². The lowest BCUT2D eigenvalue weighted by Crippen LogP contribution is -2.02. The van der Waals surface area contributed by atoms with Crippen LogP contribution in [0.2, 0.25) is 10.0 Å². The van der Waals surface area contributed by atoms with E-state index in [0.717, 1.165) is 16.8 Å². The smallest absolute Gasteiger partial charge is 0.214 e. The Labute approximate surface area is 153 Å². The van der Waals surface area contributed by atoms with Crippen LogP contribution in [0.5, 0.6) is 5.75 Å². The molecule has 1 aromatic heterocycles. The molecule has 0 saturated carbocycles. The van der Waals surface area contributed by atoms with Crippen molar-refractivity contribution >= 4 is 35.0 Å². The van der Waals surface area contributed by atoms with Crippen LogP contribution >= 0.6 is 35.0 Å². The van der Waals surface area contributed by atoms with E-state index < -0.39 is 0 Å². The maximum absolute atomic E-state index is 6.22. The van der Waals surface area contributed by atoms with Crippen LogP contribution < -0.4 is 4.74 Å². The van der Waals surface area contributed by atoms with Crippen molar-refractivity contribution in [2.24, 2.45) is 0 Å². The summed E-state index contributed by atoms with van der Waals surface area (Å²) in [4.78, 5) is 0. The second-order valence-corrected chi connectivity index (χ2v) is 6.79. The quantitative estimate of drug-likeness (QED) is 0.606. The lowest BCUT2D eigenvalue weighted by molar-refractivity contribution is 0.410. The second-order valence-electron chi connectivity index (χ2n) is 5.04. The summed E-state index contributed by atoms with van der Waals surface area (Å²) in [6.07, 6.45) is 0. The van der Waals surface area contributed by atoms with Gasteiger partial charge in [0.25, 0.3) is 0 Å². The van der Waals surface area contributed by atoms with Crippen LogP contribution in [0, 0.1) is 6.92 Å². The van der Waals surface area contributed by atoms with Crippen LogP contribution in [0.1, 0.15) is 11.1 Å². The number of hydrogen-bond donors (Lipinski definition) is 0. The largest absolute Gasteiger partial charge is 0.494 e. The number of ether oxygens (including phenoxy) is 1. The average molecular weight is 381 g/mol. The first kappa shape index (κ1) is 17.1. The van der Waals surface area contributed by atoms with Crippen molar-refractivity contribution in [2.75, 3.05) is 7.11 Å². The fourth-order valence-corrected chi connectivity index (χ4v) is 3.82. The number of hydrogen-bond acceptors (Lipinski definition) is 5. The van der Waals surface area contributed by atoms with Crippen molar-refractivity contribution in [3.63, 3.8) is 0 Å². The number of halogens is 2. The van der Waals surface area contributed by atoms with Crippen molar-refractivity contribution in [3.8, 4) is 11.4 Å². The van der Waals surface area contributed by atoms with Crippen LogP contribution in [0.3, 0.4) is 0 Å². The Hall–Kier alpha value is -1.76. The number of methoxy groups -OCH3 is 1. The molecule has 0 fully saturated rings. The summed E-state index contributed by atoms with van der Waals surface area (Å²) in [6.45, 7) is 2.00. The predicted molar refractivity (Wildman–Crippen MR) is 96.5 cm³/mol. The Morgan fingerprint density at radius 3 is 2.62 bits per heavy atom. The molecule has 24 heavy (non-hydrogen) atoms. The highest BCUT2D eigenvalue weighted by atomic mass is 35.5. The third kappa shape index (κ3) is 3.50. The highest BCUT2D eigenvalue weighted by Crippen LogP contribution is 2.32. The number of benzene rings is 2. The molecule has 3 aromatic rings. The molecule has 0 aliphatic rings. The molecular formula is C16H14Cl2N4OS. The topological polar surface area (TPSA) is 52.8 Å². The van der Waals surface area contributed by atoms with Gasteiger partial charge in [0.05, 0.1) is 7.11 Å². The summed E-state index contributed by atoms with van der Waals surface area (Å²) in [5.74, 6) is 1.26. The zero-order chi connectivity index (χ0) is 17.1. The summed E-state index contributed by atoms with van der Waals surface area (Å²) in [7, 11) is 1.62. The minimum absolute atomic E-state index is 0.563. The van der Waals surface area contributed by atoms with Gasteiger partial charge < -0.3 is 4.74 Å². The molecule has 2 aromatic carbocycles. The van der Waals surface area contributed by atoms with E-state index in [9.17, 15) is 0 Å². The average Bonchev–Trinajstić information content (AvgIpc) is 3.02. The van der Waals surface area contributed by atoms with Crippen LogP contribution in [0.25, 0.3) is 5.69 Å². The van der Waals surface area contributed by atoms with Crippen molar-refractivity contribution in [1.29, 1.82) is 0 Å². The van der Waals surface area contributed by atoms with E-state index in [1.807, 2.05) is 43.3 Å². The van der Waals surface area contributed by atoms with Gasteiger partial charge in [0.1, 0.15) is 11.4 Å². The van der Waals surface area contributed by atoms with Gasteiger partial charge in [-0.1, -0.05) is 47.1 Å². The molecule has 1 heterocycles. The maximum atomic E-state index is 6.22. The van der Waals surface area contributed by atoms with Gasteiger partial charge in [0.15, 0.2) is 0 Å². The van der Waals surface area contributed by atoms with Gasteiger partial charge >= 0.3 is 0 Å². The third-order valence-electron chi connectivity index (χ3n) is 3.41. The van der Waals surface area contributed by atoms with Crippen LogP contribution in [0.4, 0.5) is 0 Å². The number of aromatic nitrogens is 4. The molecule has 0 bridgehead atoms. The fourth-order valence-electron chi connectivity index (χ4n) is 2.19. The molecule has 3 rings (SSSR count). The predicted octanol–water partition coefficient (Wildman–Crippen LogP) is 4.58. The second kappa shape index (κ2) is 7.42. The van der Waals surface area contributed by atoms with Crippen LogP contribution in [0.15, 0.2) is 41.6 Å². The van der Waals surface area contributed by atoms with Crippen molar-refractivity contribution in [2.45, 2.75) is 17.8 Å². The minimum Gasteiger partial charge on any atom is -0.494 e. The number of nitrogens with zero attached hydrogens (tertiary/aromatic N) is 4. The molecule has 0 unspecified atom stereocenters. The van der Waals surface area contributed by atoms with Gasteiger partial charge in [0.2, 0.25) is 5.16 Å². The highest BCUT2D eigenvalue weighted by molar-refractivity contribution is 7.98. The van der Waals surface area contributed by atoms with Crippen molar-refractivity contribution < 1.29 is 4.74 Å². The van der Waals surface area contributed by atoms with Crippen LogP contribution in [-0.2, 0) is 5.75 Å². The third-order valence-corrected chi connectivity index (χ3v) is 5.06. The summed E-state index contributed by atoms with van der Waals surface area (Å²) < 4.78 is 7.07.